The molecule has 7 nitrogen and oxygen atoms in total. The van der Waals surface area contributed by atoms with E-state index >= 15 is 0 Å². The molecule has 0 unspecified atom stereocenters. The van der Waals surface area contributed by atoms with Gasteiger partial charge in [0.15, 0.2) is 0 Å². The van der Waals surface area contributed by atoms with Crippen molar-refractivity contribution in [2.24, 2.45) is 0 Å². The Hall–Kier alpha value is -3.69. The number of anilines is 1. The zero-order chi connectivity index (χ0) is 23.3. The number of alkyl halides is 3. The molecule has 172 valence electrons. The summed E-state index contributed by atoms with van der Waals surface area (Å²) in [5, 5.41) is 5.98. The minimum absolute atomic E-state index is 0.0460. The van der Waals surface area contributed by atoms with Gasteiger partial charge >= 0.3 is 6.18 Å². The van der Waals surface area contributed by atoms with Crippen LogP contribution in [0.4, 0.5) is 19.1 Å². The first-order valence-electron chi connectivity index (χ1n) is 10.5. The Morgan fingerprint density at radius 1 is 0.909 bits per heavy atom. The summed E-state index contributed by atoms with van der Waals surface area (Å²) in [5.74, 6) is 0.467. The van der Waals surface area contributed by atoms with E-state index in [1.807, 2.05) is 18.2 Å². The molecule has 1 aromatic carbocycles. The second-order valence-electron chi connectivity index (χ2n) is 7.70. The first kappa shape index (κ1) is 22.5. The molecule has 0 saturated heterocycles. The summed E-state index contributed by atoms with van der Waals surface area (Å²) in [4.78, 5) is 24.5. The molecule has 1 saturated carbocycles. The fraction of sp³-hybridized carbons (Fsp3) is 0.304. The lowest BCUT2D eigenvalue weighted by atomic mass is 9.91. The second-order valence-corrected chi connectivity index (χ2v) is 7.70. The lowest BCUT2D eigenvalue weighted by Crippen LogP contribution is -2.40. The van der Waals surface area contributed by atoms with Crippen molar-refractivity contribution in [1.29, 1.82) is 0 Å². The average Bonchev–Trinajstić information content (AvgIpc) is 2.81. The molecule has 2 aromatic heterocycles. The number of aromatic nitrogens is 3. The second kappa shape index (κ2) is 9.85. The van der Waals surface area contributed by atoms with Crippen LogP contribution in [-0.4, -0.2) is 32.9 Å². The normalized spacial score (nSPS) is 18.4. The van der Waals surface area contributed by atoms with E-state index in [-0.39, 0.29) is 29.8 Å². The molecule has 0 atom stereocenters. The van der Waals surface area contributed by atoms with Crippen LogP contribution in [0.5, 0.6) is 11.6 Å². The number of para-hydroxylation sites is 1. The van der Waals surface area contributed by atoms with Crippen molar-refractivity contribution >= 4 is 11.9 Å². The number of nitrogens with one attached hydrogen (secondary N) is 2. The summed E-state index contributed by atoms with van der Waals surface area (Å²) in [7, 11) is 0. The molecule has 1 amide bonds. The van der Waals surface area contributed by atoms with Gasteiger partial charge in [-0.25, -0.2) is 15.0 Å². The van der Waals surface area contributed by atoms with Crippen molar-refractivity contribution in [1.82, 2.24) is 20.3 Å². The third kappa shape index (κ3) is 5.97. The third-order valence-corrected chi connectivity index (χ3v) is 5.32. The van der Waals surface area contributed by atoms with Crippen LogP contribution < -0.4 is 15.4 Å². The van der Waals surface area contributed by atoms with Gasteiger partial charge in [-0.15, -0.1) is 0 Å². The molecule has 0 spiro atoms. The van der Waals surface area contributed by atoms with Crippen molar-refractivity contribution < 1.29 is 22.7 Å². The number of rotatable bonds is 6. The summed E-state index contributed by atoms with van der Waals surface area (Å²) in [6.07, 6.45) is 0.774. The zero-order valence-electron chi connectivity index (χ0n) is 17.5. The standard InChI is InChI=1S/C23H22F3N5O2/c24-23(25,26)19-12-14-28-22(31-19)30-16-10-8-15(9-11-16)29-20(32)18-7-4-13-27-21(18)33-17-5-2-1-3-6-17/h1-7,12-16H,8-11H2,(H,29,32)(H,28,30,31). The number of hydrogen-bond acceptors (Lipinski definition) is 6. The largest absolute Gasteiger partial charge is 0.438 e. The van der Waals surface area contributed by atoms with E-state index in [0.29, 0.717) is 37.0 Å². The summed E-state index contributed by atoms with van der Waals surface area (Å²) in [6, 6.07) is 13.1. The molecule has 0 radical (unpaired) electrons. The minimum atomic E-state index is -4.52. The van der Waals surface area contributed by atoms with Gasteiger partial charge < -0.3 is 15.4 Å². The third-order valence-electron chi connectivity index (χ3n) is 5.32. The smallest absolute Gasteiger partial charge is 0.433 e. The van der Waals surface area contributed by atoms with Crippen LogP contribution in [0.1, 0.15) is 41.7 Å². The van der Waals surface area contributed by atoms with Crippen molar-refractivity contribution in [3.8, 4) is 11.6 Å². The van der Waals surface area contributed by atoms with Gasteiger partial charge in [-0.2, -0.15) is 13.2 Å². The molecular formula is C23H22F3N5O2. The predicted octanol–water partition coefficient (Wildman–Crippen LogP) is 4.84. The number of halogens is 3. The maximum absolute atomic E-state index is 12.9. The molecular weight excluding hydrogens is 435 g/mol. The molecule has 0 aliphatic heterocycles. The van der Waals surface area contributed by atoms with E-state index in [2.05, 4.69) is 25.6 Å². The van der Waals surface area contributed by atoms with Crippen LogP contribution in [0, 0.1) is 0 Å². The molecule has 2 heterocycles. The fourth-order valence-electron chi connectivity index (χ4n) is 3.66. The van der Waals surface area contributed by atoms with E-state index < -0.39 is 11.9 Å². The van der Waals surface area contributed by atoms with Crippen molar-refractivity contribution in [3.05, 3.63) is 72.2 Å². The zero-order valence-corrected chi connectivity index (χ0v) is 17.5. The number of amides is 1. The molecule has 0 bridgehead atoms. The van der Waals surface area contributed by atoms with Gasteiger partial charge in [0.2, 0.25) is 11.8 Å². The Labute approximate surface area is 188 Å². The molecule has 1 fully saturated rings. The first-order chi connectivity index (χ1) is 15.9. The number of carbonyl (C=O) groups excluding carboxylic acids is 1. The number of carbonyl (C=O) groups is 1. The van der Waals surface area contributed by atoms with Crippen LogP contribution >= 0.6 is 0 Å². The topological polar surface area (TPSA) is 89.0 Å². The first-order valence-corrected chi connectivity index (χ1v) is 10.5. The monoisotopic (exact) mass is 457 g/mol. The van der Waals surface area contributed by atoms with Crippen LogP contribution in [0.3, 0.4) is 0 Å². The van der Waals surface area contributed by atoms with E-state index in [4.69, 9.17) is 4.74 Å². The quantitative estimate of drug-likeness (QED) is 0.551. The van der Waals surface area contributed by atoms with Crippen molar-refractivity contribution in [2.75, 3.05) is 5.32 Å². The maximum atomic E-state index is 12.9. The Kier molecular flexibility index (Phi) is 6.71. The van der Waals surface area contributed by atoms with Gasteiger partial charge in [0.05, 0.1) is 0 Å². The van der Waals surface area contributed by atoms with Crippen LogP contribution in [0.15, 0.2) is 60.9 Å². The lowest BCUT2D eigenvalue weighted by molar-refractivity contribution is -0.141. The highest BCUT2D eigenvalue weighted by molar-refractivity contribution is 5.96. The molecule has 3 aromatic rings. The van der Waals surface area contributed by atoms with E-state index in [0.717, 1.165) is 12.3 Å². The van der Waals surface area contributed by atoms with Crippen LogP contribution in [0.25, 0.3) is 0 Å². The molecule has 2 N–H and O–H groups in total. The average molecular weight is 457 g/mol. The SMILES string of the molecule is O=C(NC1CCC(Nc2nccc(C(F)(F)F)n2)CC1)c1cccnc1Oc1ccccc1. The Morgan fingerprint density at radius 3 is 2.36 bits per heavy atom. The molecule has 4 rings (SSSR count). The maximum Gasteiger partial charge on any atom is 0.433 e. The van der Waals surface area contributed by atoms with Gasteiger partial charge in [0, 0.05) is 24.5 Å². The number of hydrogen-bond donors (Lipinski definition) is 2. The van der Waals surface area contributed by atoms with Crippen molar-refractivity contribution in [3.63, 3.8) is 0 Å². The number of pyridine rings is 1. The molecule has 33 heavy (non-hydrogen) atoms. The van der Waals surface area contributed by atoms with Gasteiger partial charge in [0.1, 0.15) is 17.0 Å². The summed E-state index contributed by atoms with van der Waals surface area (Å²) < 4.78 is 44.3. The predicted molar refractivity (Wildman–Crippen MR) is 115 cm³/mol. The summed E-state index contributed by atoms with van der Waals surface area (Å²) in [5.41, 5.74) is -0.648. The molecule has 10 heteroatoms. The Balaban J connectivity index is 1.32. The van der Waals surface area contributed by atoms with E-state index in [1.165, 1.54) is 0 Å². The van der Waals surface area contributed by atoms with Crippen molar-refractivity contribution in [2.45, 2.75) is 43.9 Å². The number of ether oxygens (including phenoxy) is 1. The van der Waals surface area contributed by atoms with Crippen LogP contribution in [0.2, 0.25) is 0 Å². The van der Waals surface area contributed by atoms with Gasteiger partial charge in [0.25, 0.3) is 5.91 Å². The number of nitrogens with zero attached hydrogens (tertiary/aromatic N) is 3. The highest BCUT2D eigenvalue weighted by Gasteiger charge is 2.33. The van der Waals surface area contributed by atoms with Gasteiger partial charge in [-0.05, 0) is 56.0 Å². The summed E-state index contributed by atoms with van der Waals surface area (Å²) in [6.45, 7) is 0. The Bertz CT molecular complexity index is 1090. The summed E-state index contributed by atoms with van der Waals surface area (Å²) >= 11 is 0. The number of benzene rings is 1. The highest BCUT2D eigenvalue weighted by Crippen LogP contribution is 2.29. The highest BCUT2D eigenvalue weighted by atomic mass is 19.4. The molecule has 1 aliphatic rings. The van der Waals surface area contributed by atoms with E-state index in [9.17, 15) is 18.0 Å². The van der Waals surface area contributed by atoms with E-state index in [1.54, 1.807) is 30.5 Å². The van der Waals surface area contributed by atoms with Gasteiger partial charge in [-0.1, -0.05) is 18.2 Å². The Morgan fingerprint density at radius 2 is 1.64 bits per heavy atom. The van der Waals surface area contributed by atoms with Crippen LogP contribution in [-0.2, 0) is 6.18 Å². The van der Waals surface area contributed by atoms with Gasteiger partial charge in [-0.3, -0.25) is 4.79 Å². The molecule has 1 aliphatic carbocycles. The lowest BCUT2D eigenvalue weighted by Gasteiger charge is -2.29. The minimum Gasteiger partial charge on any atom is -0.438 e. The fourth-order valence-corrected chi connectivity index (χ4v) is 3.66.